The molecule has 5 rings (SSSR count). The number of sulfone groups is 1. The van der Waals surface area contributed by atoms with Gasteiger partial charge >= 0.3 is 0 Å². The summed E-state index contributed by atoms with van der Waals surface area (Å²) in [6.07, 6.45) is 8.27. The Balaban J connectivity index is 1.49. The van der Waals surface area contributed by atoms with Crippen LogP contribution in [-0.2, 0) is 21.0 Å². The number of rotatable bonds is 9. The minimum absolute atomic E-state index is 0.165. The number of pyridine rings is 1. The normalized spacial score (nSPS) is 18.8. The Bertz CT molecular complexity index is 1400. The summed E-state index contributed by atoms with van der Waals surface area (Å²) in [5.74, 6) is 0.645. The second-order valence-corrected chi connectivity index (χ2v) is 14.1. The highest BCUT2D eigenvalue weighted by Crippen LogP contribution is 2.39. The Hall–Kier alpha value is -2.37. The summed E-state index contributed by atoms with van der Waals surface area (Å²) in [7, 11) is -3.90. The molecule has 0 radical (unpaired) electrons. The quantitative estimate of drug-likeness (QED) is 0.291. The Labute approximate surface area is 240 Å². The van der Waals surface area contributed by atoms with Crippen LogP contribution in [0.4, 0.5) is 5.69 Å². The topological polar surface area (TPSA) is 106 Å². The number of ether oxygens (including phenoxy) is 1. The van der Waals surface area contributed by atoms with Gasteiger partial charge in [0, 0.05) is 49.9 Å². The number of nitrogens with zero attached hydrogens (tertiary/aromatic N) is 3. The average Bonchev–Trinajstić information content (AvgIpc) is 2.97. The monoisotopic (exact) mass is 585 g/mol. The van der Waals surface area contributed by atoms with E-state index in [1.807, 2.05) is 12.1 Å². The minimum Gasteiger partial charge on any atom is -0.612 e. The van der Waals surface area contributed by atoms with Crippen LogP contribution in [0.15, 0.2) is 63.3 Å². The van der Waals surface area contributed by atoms with Crippen molar-refractivity contribution in [1.29, 1.82) is 0 Å². The van der Waals surface area contributed by atoms with Crippen LogP contribution in [0.5, 0.6) is 5.75 Å². The summed E-state index contributed by atoms with van der Waals surface area (Å²) in [4.78, 5) is 10.2. The maximum atomic E-state index is 14.1. The van der Waals surface area contributed by atoms with E-state index in [0.717, 1.165) is 51.6 Å². The van der Waals surface area contributed by atoms with Crippen LogP contribution in [0.25, 0.3) is 10.9 Å². The fourth-order valence-electron chi connectivity index (χ4n) is 5.72. The highest BCUT2D eigenvalue weighted by molar-refractivity contribution is 7.91. The zero-order valence-corrected chi connectivity index (χ0v) is 24.9. The van der Waals surface area contributed by atoms with Gasteiger partial charge < -0.3 is 24.2 Å². The van der Waals surface area contributed by atoms with Crippen LogP contribution >= 0.6 is 0 Å². The van der Waals surface area contributed by atoms with Gasteiger partial charge in [-0.05, 0) is 79.7 Å². The lowest BCUT2D eigenvalue weighted by Gasteiger charge is -2.42. The standard InChI is InChI=1S/C30H39N3O5S2/c1-3-4-19-38-24-5-8-26(9-6-24)40(36,37)29-21-31-28-10-7-25(39(2)35)20-27(28)30(29)33-15-11-22(12-16-33)32-17-13-23(34)14-18-32/h5-10,20-23,34H,3-4,11-19H2,1-2H3. The lowest BCUT2D eigenvalue weighted by Crippen LogP contribution is -2.48. The number of unbranched alkanes of at least 4 members (excludes halogenated alkanes) is 1. The molecule has 3 aromatic rings. The number of aromatic nitrogens is 1. The molecule has 0 aliphatic carbocycles. The molecule has 1 aromatic heterocycles. The molecule has 2 aliphatic rings. The SMILES string of the molecule is CCCCOc1ccc(S(=O)(=O)c2cnc3ccc([S+](C)[O-])cc3c2N2CCC(N3CCC(O)CC3)CC2)cc1. The third-order valence-electron chi connectivity index (χ3n) is 8.10. The van der Waals surface area contributed by atoms with Crippen LogP contribution in [-0.4, -0.2) is 79.1 Å². The van der Waals surface area contributed by atoms with Crippen LogP contribution in [0.2, 0.25) is 0 Å². The van der Waals surface area contributed by atoms with Gasteiger partial charge in [0.1, 0.15) is 16.9 Å². The molecule has 0 amide bonds. The molecule has 216 valence electrons. The number of hydrogen-bond donors (Lipinski definition) is 1. The molecule has 0 bridgehead atoms. The van der Waals surface area contributed by atoms with Crippen LogP contribution in [0, 0.1) is 0 Å². The number of likely N-dealkylation sites (tertiary alicyclic amines) is 1. The maximum absolute atomic E-state index is 14.1. The van der Waals surface area contributed by atoms with Crippen molar-refractivity contribution in [3.05, 3.63) is 48.7 Å². The summed E-state index contributed by atoms with van der Waals surface area (Å²) < 4.78 is 46.3. The van der Waals surface area contributed by atoms with Gasteiger partial charge in [0.2, 0.25) is 9.84 Å². The molecule has 2 fully saturated rings. The first-order chi connectivity index (χ1) is 19.3. The largest absolute Gasteiger partial charge is 0.612 e. The molecule has 10 heteroatoms. The first kappa shape index (κ1) is 29.1. The second-order valence-electron chi connectivity index (χ2n) is 10.8. The number of aliphatic hydroxyl groups is 1. The summed E-state index contributed by atoms with van der Waals surface area (Å²) in [5.41, 5.74) is 1.31. The fraction of sp³-hybridized carbons (Fsp3) is 0.500. The summed E-state index contributed by atoms with van der Waals surface area (Å²) in [5, 5.41) is 10.6. The smallest absolute Gasteiger partial charge is 0.210 e. The fourth-order valence-corrected chi connectivity index (χ4v) is 7.70. The Kier molecular flexibility index (Phi) is 9.21. The molecule has 3 heterocycles. The van der Waals surface area contributed by atoms with Crippen molar-refractivity contribution in [2.45, 2.75) is 72.3 Å². The van der Waals surface area contributed by atoms with Crippen LogP contribution in [0.3, 0.4) is 0 Å². The first-order valence-electron chi connectivity index (χ1n) is 14.2. The van der Waals surface area contributed by atoms with Crippen LogP contribution in [0.1, 0.15) is 45.4 Å². The van der Waals surface area contributed by atoms with Gasteiger partial charge in [-0.2, -0.15) is 0 Å². The Morgan fingerprint density at radius 2 is 1.75 bits per heavy atom. The number of piperidine rings is 2. The Morgan fingerprint density at radius 1 is 1.05 bits per heavy atom. The highest BCUT2D eigenvalue weighted by Gasteiger charge is 2.32. The molecule has 1 N–H and O–H groups in total. The number of benzene rings is 2. The minimum atomic E-state index is -3.90. The van der Waals surface area contributed by atoms with Gasteiger partial charge in [0.15, 0.2) is 4.90 Å². The molecule has 0 spiro atoms. The molecule has 2 saturated heterocycles. The molecule has 8 nitrogen and oxygen atoms in total. The third-order valence-corrected chi connectivity index (χ3v) is 10.8. The summed E-state index contributed by atoms with van der Waals surface area (Å²) in [6, 6.07) is 12.5. The van der Waals surface area contributed by atoms with Gasteiger partial charge in [0.05, 0.1) is 28.8 Å². The van der Waals surface area contributed by atoms with Crippen molar-refractivity contribution in [2.75, 3.05) is 43.9 Å². The lowest BCUT2D eigenvalue weighted by atomic mass is 9.98. The van der Waals surface area contributed by atoms with Gasteiger partial charge in [-0.3, -0.25) is 4.98 Å². The van der Waals surface area contributed by atoms with Crippen molar-refractivity contribution in [3.63, 3.8) is 0 Å². The van der Waals surface area contributed by atoms with E-state index in [1.165, 1.54) is 6.20 Å². The zero-order valence-electron chi connectivity index (χ0n) is 23.3. The van der Waals surface area contributed by atoms with Crippen molar-refractivity contribution in [3.8, 4) is 5.75 Å². The molecular formula is C30H39N3O5S2. The van der Waals surface area contributed by atoms with Crippen molar-refractivity contribution in [2.24, 2.45) is 0 Å². The van der Waals surface area contributed by atoms with Crippen molar-refractivity contribution >= 4 is 37.6 Å². The van der Waals surface area contributed by atoms with E-state index >= 15 is 0 Å². The first-order valence-corrected chi connectivity index (χ1v) is 17.2. The van der Waals surface area contributed by atoms with Crippen LogP contribution < -0.4 is 9.64 Å². The molecule has 1 unspecified atom stereocenters. The van der Waals surface area contributed by atoms with E-state index in [0.29, 0.717) is 53.0 Å². The van der Waals surface area contributed by atoms with Crippen molar-refractivity contribution < 1.29 is 22.8 Å². The van der Waals surface area contributed by atoms with E-state index in [2.05, 4.69) is 21.7 Å². The molecule has 0 saturated carbocycles. The van der Waals surface area contributed by atoms with Gasteiger partial charge in [0.25, 0.3) is 0 Å². The number of fused-ring (bicyclic) bond motifs is 1. The number of hydrogen-bond acceptors (Lipinski definition) is 8. The van der Waals surface area contributed by atoms with Gasteiger partial charge in [-0.1, -0.05) is 13.3 Å². The number of aliphatic hydroxyl groups excluding tert-OH is 1. The van der Waals surface area contributed by atoms with Gasteiger partial charge in [-0.25, -0.2) is 8.42 Å². The Morgan fingerprint density at radius 3 is 2.40 bits per heavy atom. The summed E-state index contributed by atoms with van der Waals surface area (Å²) >= 11 is -1.22. The van der Waals surface area contributed by atoms with E-state index in [4.69, 9.17) is 4.74 Å². The van der Waals surface area contributed by atoms with E-state index in [1.54, 1.807) is 36.6 Å². The lowest BCUT2D eigenvalue weighted by molar-refractivity contribution is 0.0542. The van der Waals surface area contributed by atoms with Gasteiger partial charge in [-0.15, -0.1) is 0 Å². The highest BCUT2D eigenvalue weighted by atomic mass is 32.2. The predicted molar refractivity (Wildman–Crippen MR) is 158 cm³/mol. The molecular weight excluding hydrogens is 546 g/mol. The number of anilines is 1. The van der Waals surface area contributed by atoms with E-state index in [9.17, 15) is 18.1 Å². The predicted octanol–water partition coefficient (Wildman–Crippen LogP) is 4.41. The second kappa shape index (κ2) is 12.7. The third kappa shape index (κ3) is 6.26. The molecule has 2 aliphatic heterocycles. The zero-order chi connectivity index (χ0) is 28.3. The molecule has 1 atom stereocenters. The summed E-state index contributed by atoms with van der Waals surface area (Å²) in [6.45, 7) is 5.89. The average molecular weight is 586 g/mol. The van der Waals surface area contributed by atoms with E-state index in [-0.39, 0.29) is 15.9 Å². The molecule has 2 aromatic carbocycles. The molecule has 40 heavy (non-hydrogen) atoms. The maximum Gasteiger partial charge on any atom is 0.210 e. The van der Waals surface area contributed by atoms with E-state index < -0.39 is 21.0 Å². The van der Waals surface area contributed by atoms with Crippen molar-refractivity contribution in [1.82, 2.24) is 9.88 Å².